The van der Waals surface area contributed by atoms with Crippen LogP contribution in [-0.2, 0) is 16.1 Å². The van der Waals surface area contributed by atoms with Crippen LogP contribution in [0.4, 0.5) is 4.79 Å². The second-order valence-electron chi connectivity index (χ2n) is 7.49. The largest absolute Gasteiger partial charge is 0.486 e. The molecule has 2 rings (SSSR count). The van der Waals surface area contributed by atoms with Crippen molar-refractivity contribution in [2.75, 3.05) is 0 Å². The van der Waals surface area contributed by atoms with Gasteiger partial charge in [0.1, 0.15) is 18.3 Å². The lowest BCUT2D eigenvalue weighted by Gasteiger charge is -2.25. The van der Waals surface area contributed by atoms with Crippen LogP contribution in [0.1, 0.15) is 38.0 Å². The Morgan fingerprint density at radius 1 is 1.20 bits per heavy atom. The number of nitrogens with one attached hydrogen (secondary N) is 1. The van der Waals surface area contributed by atoms with Crippen LogP contribution in [0.2, 0.25) is 5.02 Å². The molecule has 0 aliphatic heterocycles. The zero-order chi connectivity index (χ0) is 22.5. The van der Waals surface area contributed by atoms with Crippen molar-refractivity contribution >= 4 is 39.6 Å². The molecule has 3 N–H and O–H groups in total. The summed E-state index contributed by atoms with van der Waals surface area (Å²) < 4.78 is 11.2. The predicted octanol–water partition coefficient (Wildman–Crippen LogP) is 4.69. The maximum Gasteiger partial charge on any atom is 0.408 e. The van der Waals surface area contributed by atoms with E-state index >= 15 is 0 Å². The number of amides is 1. The number of carboxylic acids is 1. The molecule has 0 aliphatic rings. The van der Waals surface area contributed by atoms with Crippen LogP contribution in [0.3, 0.4) is 0 Å². The number of aliphatic hydroxyl groups excluding tert-OH is 1. The van der Waals surface area contributed by atoms with Gasteiger partial charge in [-0.25, -0.2) is 9.59 Å². The summed E-state index contributed by atoms with van der Waals surface area (Å²) in [7, 11) is 0. The molecule has 0 aromatic heterocycles. The first-order valence-corrected chi connectivity index (χ1v) is 10.2. The first kappa shape index (κ1) is 24.0. The van der Waals surface area contributed by atoms with E-state index in [-0.39, 0.29) is 17.2 Å². The van der Waals surface area contributed by atoms with Gasteiger partial charge in [0.2, 0.25) is 0 Å². The average Bonchev–Trinajstić information content (AvgIpc) is 2.64. The molecule has 0 bridgehead atoms. The summed E-state index contributed by atoms with van der Waals surface area (Å²) in [6.07, 6.45) is -2.53. The second-order valence-corrected chi connectivity index (χ2v) is 8.76. The Labute approximate surface area is 188 Å². The fourth-order valence-electron chi connectivity index (χ4n) is 2.52. The molecular weight excluding hydrogens is 478 g/mol. The van der Waals surface area contributed by atoms with Crippen LogP contribution >= 0.6 is 27.5 Å². The molecule has 0 unspecified atom stereocenters. The van der Waals surface area contributed by atoms with Gasteiger partial charge >= 0.3 is 12.1 Å². The minimum atomic E-state index is -1.64. The number of hydrogen-bond acceptors (Lipinski definition) is 5. The Bertz CT molecular complexity index is 877. The third kappa shape index (κ3) is 6.90. The number of aliphatic carboxylic acids is 1. The van der Waals surface area contributed by atoms with Crippen molar-refractivity contribution in [2.45, 2.75) is 45.1 Å². The molecule has 2 atom stereocenters. The quantitative estimate of drug-likeness (QED) is 0.509. The molecule has 0 heterocycles. The third-order valence-electron chi connectivity index (χ3n) is 3.84. The average molecular weight is 501 g/mol. The number of halogens is 2. The number of carbonyl (C=O) groups is 2. The fourth-order valence-corrected chi connectivity index (χ4v) is 3.51. The normalized spacial score (nSPS) is 13.3. The van der Waals surface area contributed by atoms with E-state index in [1.54, 1.807) is 20.8 Å². The molecule has 0 spiro atoms. The maximum absolute atomic E-state index is 12.0. The summed E-state index contributed by atoms with van der Waals surface area (Å²) in [4.78, 5) is 23.6. The van der Waals surface area contributed by atoms with Gasteiger partial charge in [0.25, 0.3) is 0 Å². The summed E-state index contributed by atoms with van der Waals surface area (Å²) in [5.41, 5.74) is 0.307. The lowest BCUT2D eigenvalue weighted by molar-refractivity contribution is -0.142. The van der Waals surface area contributed by atoms with E-state index < -0.39 is 29.8 Å². The van der Waals surface area contributed by atoms with Crippen molar-refractivity contribution in [1.29, 1.82) is 0 Å². The summed E-state index contributed by atoms with van der Waals surface area (Å²) in [6.45, 7) is 5.20. The number of hydrogen-bond donors (Lipinski definition) is 3. The first-order valence-electron chi connectivity index (χ1n) is 9.04. The van der Waals surface area contributed by atoms with Crippen LogP contribution in [0.15, 0.2) is 46.9 Å². The van der Waals surface area contributed by atoms with Crippen molar-refractivity contribution in [2.24, 2.45) is 0 Å². The van der Waals surface area contributed by atoms with Gasteiger partial charge in [-0.05, 0) is 60.0 Å². The van der Waals surface area contributed by atoms with E-state index in [9.17, 15) is 19.8 Å². The molecular formula is C21H23BrClNO6. The summed E-state index contributed by atoms with van der Waals surface area (Å²) in [5.74, 6) is -1.08. The van der Waals surface area contributed by atoms with Gasteiger partial charge in [-0.15, -0.1) is 0 Å². The maximum atomic E-state index is 12.0. The van der Waals surface area contributed by atoms with E-state index in [2.05, 4.69) is 21.2 Å². The molecule has 7 nitrogen and oxygen atoms in total. The topological polar surface area (TPSA) is 105 Å². The van der Waals surface area contributed by atoms with Gasteiger partial charge in [-0.2, -0.15) is 0 Å². The number of aliphatic hydroxyl groups is 1. The highest BCUT2D eigenvalue weighted by atomic mass is 79.9. The number of benzene rings is 2. The van der Waals surface area contributed by atoms with Crippen LogP contribution in [0.5, 0.6) is 5.75 Å². The Balaban J connectivity index is 2.18. The van der Waals surface area contributed by atoms with E-state index in [0.29, 0.717) is 10.2 Å². The highest BCUT2D eigenvalue weighted by Gasteiger charge is 2.32. The molecule has 0 saturated heterocycles. The van der Waals surface area contributed by atoms with Crippen LogP contribution in [-0.4, -0.2) is 33.9 Å². The standard InChI is InChI=1S/C21H23BrClNO6/c1-21(2,3)30-20(28)24-16(19(26)27)17(25)13-9-14(22)18(15(23)10-13)29-11-12-7-5-4-6-8-12/h4-10,16-17,25H,11H2,1-3H3,(H,24,28)(H,26,27)/t16-,17-/m0/s1. The van der Waals surface area contributed by atoms with E-state index in [4.69, 9.17) is 21.1 Å². The molecule has 0 aliphatic carbocycles. The van der Waals surface area contributed by atoms with Gasteiger partial charge in [0.05, 0.1) is 9.50 Å². The molecule has 0 radical (unpaired) electrons. The SMILES string of the molecule is CC(C)(C)OC(=O)N[C@H](C(=O)O)[C@@H](O)c1cc(Cl)c(OCc2ccccc2)c(Br)c1. The Morgan fingerprint density at radius 2 is 1.83 bits per heavy atom. The first-order chi connectivity index (χ1) is 14.0. The van der Waals surface area contributed by atoms with Crippen molar-refractivity contribution in [3.63, 3.8) is 0 Å². The van der Waals surface area contributed by atoms with Crippen LogP contribution in [0, 0.1) is 0 Å². The Kier molecular flexibility index (Phi) is 8.11. The number of ether oxygens (including phenoxy) is 2. The fraction of sp³-hybridized carbons (Fsp3) is 0.333. The van der Waals surface area contributed by atoms with Crippen LogP contribution in [0.25, 0.3) is 0 Å². The molecule has 0 saturated carbocycles. The van der Waals surface area contributed by atoms with Crippen molar-refractivity contribution < 1.29 is 29.3 Å². The van der Waals surface area contributed by atoms with E-state index in [1.165, 1.54) is 12.1 Å². The molecule has 2 aromatic carbocycles. The lowest BCUT2D eigenvalue weighted by Crippen LogP contribution is -2.46. The molecule has 1 amide bonds. The van der Waals surface area contributed by atoms with Crippen LogP contribution < -0.4 is 10.1 Å². The molecule has 162 valence electrons. The molecule has 30 heavy (non-hydrogen) atoms. The van der Waals surface area contributed by atoms with Gasteiger partial charge in [0, 0.05) is 0 Å². The lowest BCUT2D eigenvalue weighted by atomic mass is 10.0. The summed E-state index contributed by atoms with van der Waals surface area (Å²) in [5, 5.41) is 22.4. The van der Waals surface area contributed by atoms with Crippen molar-refractivity contribution in [3.05, 3.63) is 63.1 Å². The molecule has 9 heteroatoms. The molecule has 2 aromatic rings. The highest BCUT2D eigenvalue weighted by Crippen LogP contribution is 2.37. The smallest absolute Gasteiger partial charge is 0.408 e. The number of carbonyl (C=O) groups excluding carboxylic acids is 1. The minimum absolute atomic E-state index is 0.177. The monoisotopic (exact) mass is 499 g/mol. The zero-order valence-corrected chi connectivity index (χ0v) is 19.0. The Morgan fingerprint density at radius 3 is 2.37 bits per heavy atom. The third-order valence-corrected chi connectivity index (χ3v) is 4.71. The number of alkyl carbamates (subject to hydrolysis) is 1. The highest BCUT2D eigenvalue weighted by molar-refractivity contribution is 9.10. The second kappa shape index (κ2) is 10.1. The van der Waals surface area contributed by atoms with Gasteiger partial charge < -0.3 is 25.0 Å². The summed E-state index contributed by atoms with van der Waals surface area (Å²) in [6, 6.07) is 10.7. The number of rotatable bonds is 7. The van der Waals surface area contributed by atoms with Gasteiger partial charge in [0.15, 0.2) is 11.8 Å². The summed E-state index contributed by atoms with van der Waals surface area (Å²) >= 11 is 9.63. The Hall–Kier alpha value is -2.29. The minimum Gasteiger partial charge on any atom is -0.486 e. The van der Waals surface area contributed by atoms with Gasteiger partial charge in [-0.3, -0.25) is 0 Å². The zero-order valence-electron chi connectivity index (χ0n) is 16.7. The predicted molar refractivity (Wildman–Crippen MR) is 116 cm³/mol. The van der Waals surface area contributed by atoms with Crippen molar-refractivity contribution in [1.82, 2.24) is 5.32 Å². The van der Waals surface area contributed by atoms with E-state index in [1.807, 2.05) is 30.3 Å². The molecule has 0 fully saturated rings. The number of carboxylic acid groups (broad SMARTS) is 1. The van der Waals surface area contributed by atoms with Crippen molar-refractivity contribution in [3.8, 4) is 5.75 Å². The van der Waals surface area contributed by atoms with E-state index in [0.717, 1.165) is 5.56 Å². The van der Waals surface area contributed by atoms with Gasteiger partial charge in [-0.1, -0.05) is 41.9 Å².